The molecule has 1 aliphatic rings. The SMILES string of the molecule is CCC1COC(CC(C)N(CO[C@H](C)Cn2cnc3c(N)ncnc32)P(=O)(O)Oc2ccccc2)O1. The van der Waals surface area contributed by atoms with Gasteiger partial charge >= 0.3 is 7.75 Å². The molecule has 1 aromatic carbocycles. The summed E-state index contributed by atoms with van der Waals surface area (Å²) in [6.07, 6.45) is 3.41. The van der Waals surface area contributed by atoms with E-state index in [1.165, 1.54) is 11.0 Å². The number of nitrogens with zero attached hydrogens (tertiary/aromatic N) is 5. The lowest BCUT2D eigenvalue weighted by molar-refractivity contribution is -0.0800. The number of hydrogen-bond donors (Lipinski definition) is 2. The van der Waals surface area contributed by atoms with Gasteiger partial charge in [-0.15, -0.1) is 0 Å². The number of fused-ring (bicyclic) bond motifs is 1. The van der Waals surface area contributed by atoms with Crippen LogP contribution in [-0.2, 0) is 25.3 Å². The molecule has 0 amide bonds. The minimum absolute atomic E-state index is 0.0243. The van der Waals surface area contributed by atoms with Gasteiger partial charge in [0.15, 0.2) is 17.8 Å². The fourth-order valence-electron chi connectivity index (χ4n) is 3.93. The summed E-state index contributed by atoms with van der Waals surface area (Å²) >= 11 is 0. The topological polar surface area (TPSA) is 147 Å². The number of aromatic nitrogens is 4. The highest BCUT2D eigenvalue weighted by Gasteiger charge is 2.38. The summed E-state index contributed by atoms with van der Waals surface area (Å²) in [5.41, 5.74) is 6.97. The molecule has 3 heterocycles. The zero-order chi connectivity index (χ0) is 25.7. The third-order valence-corrected chi connectivity index (χ3v) is 7.58. The number of benzene rings is 1. The van der Waals surface area contributed by atoms with Crippen LogP contribution < -0.4 is 10.3 Å². The van der Waals surface area contributed by atoms with E-state index in [4.69, 9.17) is 24.5 Å². The molecule has 0 aliphatic carbocycles. The molecular formula is C23H33N6O6P. The Morgan fingerprint density at radius 1 is 1.28 bits per heavy atom. The average molecular weight is 521 g/mol. The first-order valence-corrected chi connectivity index (χ1v) is 13.4. The van der Waals surface area contributed by atoms with Crippen LogP contribution in [0.4, 0.5) is 5.82 Å². The monoisotopic (exact) mass is 520 g/mol. The maximum atomic E-state index is 13.4. The van der Waals surface area contributed by atoms with Gasteiger partial charge < -0.3 is 33.9 Å². The molecule has 0 bridgehead atoms. The summed E-state index contributed by atoms with van der Waals surface area (Å²) in [6.45, 7) is 6.45. The third-order valence-electron chi connectivity index (χ3n) is 5.98. The molecule has 36 heavy (non-hydrogen) atoms. The first-order valence-electron chi connectivity index (χ1n) is 11.9. The van der Waals surface area contributed by atoms with Crippen LogP contribution in [0.1, 0.15) is 33.6 Å². The zero-order valence-corrected chi connectivity index (χ0v) is 21.5. The molecular weight excluding hydrogens is 487 g/mol. The molecule has 2 aromatic heterocycles. The number of imidazole rings is 1. The predicted octanol–water partition coefficient (Wildman–Crippen LogP) is 3.18. The highest BCUT2D eigenvalue weighted by Crippen LogP contribution is 2.48. The molecule has 4 rings (SSSR count). The van der Waals surface area contributed by atoms with Gasteiger partial charge in [-0.3, -0.25) is 0 Å². The fourth-order valence-corrected chi connectivity index (χ4v) is 5.24. The van der Waals surface area contributed by atoms with Crippen LogP contribution in [0.5, 0.6) is 5.75 Å². The van der Waals surface area contributed by atoms with Crippen molar-refractivity contribution in [2.24, 2.45) is 0 Å². The van der Waals surface area contributed by atoms with Gasteiger partial charge in [-0.2, -0.15) is 4.67 Å². The van der Waals surface area contributed by atoms with Crippen LogP contribution >= 0.6 is 7.75 Å². The molecule has 4 unspecified atom stereocenters. The summed E-state index contributed by atoms with van der Waals surface area (Å²) in [5, 5.41) is 0. The van der Waals surface area contributed by atoms with E-state index in [-0.39, 0.29) is 24.7 Å². The van der Waals surface area contributed by atoms with Gasteiger partial charge in [-0.1, -0.05) is 25.1 Å². The quantitative estimate of drug-likeness (QED) is 0.268. The van der Waals surface area contributed by atoms with Crippen molar-refractivity contribution in [2.75, 3.05) is 19.1 Å². The minimum atomic E-state index is -4.29. The Balaban J connectivity index is 1.45. The molecule has 5 atom stereocenters. The van der Waals surface area contributed by atoms with Crippen molar-refractivity contribution in [1.82, 2.24) is 24.2 Å². The maximum Gasteiger partial charge on any atom is 0.460 e. The lowest BCUT2D eigenvalue weighted by atomic mass is 10.2. The second kappa shape index (κ2) is 11.6. The van der Waals surface area contributed by atoms with E-state index in [0.717, 1.165) is 6.42 Å². The largest absolute Gasteiger partial charge is 0.460 e. The van der Waals surface area contributed by atoms with E-state index in [2.05, 4.69) is 15.0 Å². The Bertz CT molecular complexity index is 1180. The highest BCUT2D eigenvalue weighted by atomic mass is 31.2. The smallest absolute Gasteiger partial charge is 0.413 e. The molecule has 3 N–H and O–H groups in total. The molecule has 13 heteroatoms. The number of para-hydroxylation sites is 1. The number of nitrogens with two attached hydrogens (primary N) is 1. The van der Waals surface area contributed by atoms with E-state index < -0.39 is 20.1 Å². The second-order valence-corrected chi connectivity index (χ2v) is 10.5. The molecule has 196 valence electrons. The van der Waals surface area contributed by atoms with Crippen molar-refractivity contribution in [3.05, 3.63) is 43.0 Å². The van der Waals surface area contributed by atoms with Gasteiger partial charge in [-0.05, 0) is 32.4 Å². The van der Waals surface area contributed by atoms with Gasteiger partial charge in [0.1, 0.15) is 24.3 Å². The molecule has 1 aliphatic heterocycles. The van der Waals surface area contributed by atoms with E-state index >= 15 is 0 Å². The molecule has 0 radical (unpaired) electrons. The van der Waals surface area contributed by atoms with Crippen molar-refractivity contribution < 1.29 is 28.2 Å². The first kappa shape index (κ1) is 26.5. The number of rotatable bonds is 12. The number of nitrogen functional groups attached to an aromatic ring is 1. The van der Waals surface area contributed by atoms with Crippen LogP contribution in [-0.4, -0.2) is 67.0 Å². The van der Waals surface area contributed by atoms with Crippen molar-refractivity contribution in [1.29, 1.82) is 0 Å². The molecule has 1 saturated heterocycles. The highest BCUT2D eigenvalue weighted by molar-refractivity contribution is 7.50. The molecule has 12 nitrogen and oxygen atoms in total. The van der Waals surface area contributed by atoms with Crippen molar-refractivity contribution >= 4 is 24.7 Å². The third kappa shape index (κ3) is 6.39. The average Bonchev–Trinajstić information content (AvgIpc) is 3.47. The lowest BCUT2D eigenvalue weighted by Crippen LogP contribution is -2.38. The van der Waals surface area contributed by atoms with Gasteiger partial charge in [0.25, 0.3) is 0 Å². The van der Waals surface area contributed by atoms with E-state index in [1.807, 2.05) is 20.8 Å². The summed E-state index contributed by atoms with van der Waals surface area (Å²) in [5.74, 6) is 0.586. The molecule has 0 saturated carbocycles. The van der Waals surface area contributed by atoms with E-state index in [9.17, 15) is 9.46 Å². The molecule has 0 spiro atoms. The minimum Gasteiger partial charge on any atom is -0.413 e. The number of hydrogen-bond acceptors (Lipinski definition) is 9. The van der Waals surface area contributed by atoms with Gasteiger partial charge in [0.2, 0.25) is 0 Å². The Morgan fingerprint density at radius 3 is 2.78 bits per heavy atom. The van der Waals surface area contributed by atoms with Crippen molar-refractivity contribution in [3.63, 3.8) is 0 Å². The van der Waals surface area contributed by atoms with Crippen LogP contribution in [0.25, 0.3) is 11.2 Å². The van der Waals surface area contributed by atoms with Crippen molar-refractivity contribution in [2.45, 2.75) is 64.7 Å². The Morgan fingerprint density at radius 2 is 2.06 bits per heavy atom. The van der Waals surface area contributed by atoms with Crippen LogP contribution in [0.15, 0.2) is 43.0 Å². The van der Waals surface area contributed by atoms with E-state index in [0.29, 0.717) is 36.6 Å². The van der Waals surface area contributed by atoms with Crippen LogP contribution in [0.3, 0.4) is 0 Å². The van der Waals surface area contributed by atoms with E-state index in [1.54, 1.807) is 41.2 Å². The fraction of sp³-hybridized carbons (Fsp3) is 0.522. The van der Waals surface area contributed by atoms with Gasteiger partial charge in [0, 0.05) is 12.5 Å². The standard InChI is InChI=1S/C23H33N6O6P/c1-4-18-12-32-20(34-18)10-16(2)29(36(30,31)35-19-8-6-5-7-9-19)15-33-17(3)11-28-14-27-21-22(24)25-13-26-23(21)28/h5-9,13-14,16-18,20H,4,10-12,15H2,1-3H3,(H,30,31)(H2,24,25,26)/t16?,17-,18?,20?/m1/s1. The predicted molar refractivity (Wildman–Crippen MR) is 133 cm³/mol. The Hall–Kier alpha value is -2.60. The van der Waals surface area contributed by atoms with Crippen LogP contribution in [0, 0.1) is 0 Å². The van der Waals surface area contributed by atoms with Crippen molar-refractivity contribution in [3.8, 4) is 5.75 Å². The lowest BCUT2D eigenvalue weighted by Gasteiger charge is -2.33. The summed E-state index contributed by atoms with van der Waals surface area (Å²) in [6, 6.07) is 8.08. The second-order valence-electron chi connectivity index (χ2n) is 8.78. The molecule has 1 fully saturated rings. The summed E-state index contributed by atoms with van der Waals surface area (Å²) in [7, 11) is -4.29. The number of anilines is 1. The maximum absolute atomic E-state index is 13.4. The Labute approximate surface area is 209 Å². The molecule has 3 aromatic rings. The normalized spacial score (nSPS) is 21.5. The van der Waals surface area contributed by atoms with Gasteiger partial charge in [0.05, 0.1) is 31.7 Å². The summed E-state index contributed by atoms with van der Waals surface area (Å²) in [4.78, 5) is 23.4. The number of ether oxygens (including phenoxy) is 3. The Kier molecular flexibility index (Phi) is 8.55. The summed E-state index contributed by atoms with van der Waals surface area (Å²) < 4.78 is 39.7. The van der Waals surface area contributed by atoms with Crippen LogP contribution in [0.2, 0.25) is 0 Å². The zero-order valence-electron chi connectivity index (χ0n) is 20.6. The van der Waals surface area contributed by atoms with Gasteiger partial charge in [-0.25, -0.2) is 19.5 Å². The first-order chi connectivity index (χ1) is 17.3.